The molecule has 0 radical (unpaired) electrons. The number of rotatable bonds is 5. The lowest BCUT2D eigenvalue weighted by Gasteiger charge is -2.13. The summed E-state index contributed by atoms with van der Waals surface area (Å²) >= 11 is 0. The predicted octanol–water partition coefficient (Wildman–Crippen LogP) is 4.34. The van der Waals surface area contributed by atoms with Gasteiger partial charge in [0, 0.05) is 0 Å². The van der Waals surface area contributed by atoms with E-state index in [-0.39, 0.29) is 0 Å². The van der Waals surface area contributed by atoms with Gasteiger partial charge in [0.1, 0.15) is 0 Å². The molecule has 12 heavy (non-hydrogen) atoms. The first-order valence-electron chi connectivity index (χ1n) is 5.11. The normalized spacial score (nSPS) is 15.5. The second-order valence-corrected chi connectivity index (χ2v) is 3.08. The standard InChI is InChI=1S/C12H22/c1-5-9-11(7-3)12(8-4)10-6-2/h5,9-11H,6-8H2,1-4H3/b9-5?,12-10+. The molecule has 0 aliphatic heterocycles. The van der Waals surface area contributed by atoms with Gasteiger partial charge in [0.25, 0.3) is 0 Å². The van der Waals surface area contributed by atoms with Crippen molar-refractivity contribution in [1.29, 1.82) is 0 Å². The molecular formula is C12H22. The average molecular weight is 166 g/mol. The molecule has 0 nitrogen and oxygen atoms in total. The van der Waals surface area contributed by atoms with E-state index in [1.54, 1.807) is 5.57 Å². The zero-order valence-electron chi connectivity index (χ0n) is 8.93. The first kappa shape index (κ1) is 11.5. The van der Waals surface area contributed by atoms with Gasteiger partial charge in [0.05, 0.1) is 0 Å². The van der Waals surface area contributed by atoms with Gasteiger partial charge in [0.2, 0.25) is 0 Å². The minimum Gasteiger partial charge on any atom is -0.0911 e. The maximum Gasteiger partial charge on any atom is -0.00261 e. The maximum absolute atomic E-state index is 2.37. The van der Waals surface area contributed by atoms with Crippen LogP contribution < -0.4 is 0 Å². The fourth-order valence-electron chi connectivity index (χ4n) is 1.57. The molecule has 0 aromatic rings. The van der Waals surface area contributed by atoms with E-state index in [9.17, 15) is 0 Å². The van der Waals surface area contributed by atoms with Crippen molar-refractivity contribution < 1.29 is 0 Å². The highest BCUT2D eigenvalue weighted by Gasteiger charge is 2.05. The van der Waals surface area contributed by atoms with Crippen LogP contribution in [0.1, 0.15) is 47.0 Å². The van der Waals surface area contributed by atoms with Crippen LogP contribution in [-0.4, -0.2) is 0 Å². The molecule has 0 fully saturated rings. The van der Waals surface area contributed by atoms with Crippen LogP contribution in [-0.2, 0) is 0 Å². The number of allylic oxidation sites excluding steroid dienone is 4. The Labute approximate surface area is 77.4 Å². The van der Waals surface area contributed by atoms with Crippen LogP contribution in [0.15, 0.2) is 23.8 Å². The van der Waals surface area contributed by atoms with Gasteiger partial charge in [-0.3, -0.25) is 0 Å². The highest BCUT2D eigenvalue weighted by molar-refractivity contribution is 5.12. The van der Waals surface area contributed by atoms with Crippen molar-refractivity contribution in [3.8, 4) is 0 Å². The molecule has 1 atom stereocenters. The van der Waals surface area contributed by atoms with Gasteiger partial charge in [0.15, 0.2) is 0 Å². The third-order valence-corrected chi connectivity index (χ3v) is 2.22. The fraction of sp³-hybridized carbons (Fsp3) is 0.667. The Morgan fingerprint density at radius 2 is 1.92 bits per heavy atom. The SMILES string of the molecule is CC=CC(CC)/C(=C/CC)CC. The van der Waals surface area contributed by atoms with E-state index in [2.05, 4.69) is 45.9 Å². The lowest BCUT2D eigenvalue weighted by atomic mass is 9.93. The lowest BCUT2D eigenvalue weighted by molar-refractivity contribution is 0.693. The Kier molecular flexibility index (Phi) is 6.84. The summed E-state index contributed by atoms with van der Waals surface area (Å²) in [6, 6.07) is 0. The van der Waals surface area contributed by atoms with Crippen LogP contribution in [0.4, 0.5) is 0 Å². The molecule has 0 aromatic heterocycles. The second kappa shape index (κ2) is 7.15. The van der Waals surface area contributed by atoms with E-state index in [1.165, 1.54) is 12.8 Å². The van der Waals surface area contributed by atoms with Gasteiger partial charge >= 0.3 is 0 Å². The van der Waals surface area contributed by atoms with Crippen molar-refractivity contribution in [2.45, 2.75) is 47.0 Å². The van der Waals surface area contributed by atoms with Crippen LogP contribution in [0, 0.1) is 5.92 Å². The molecule has 0 heteroatoms. The summed E-state index contributed by atoms with van der Waals surface area (Å²) in [6.07, 6.45) is 10.4. The van der Waals surface area contributed by atoms with Gasteiger partial charge < -0.3 is 0 Å². The van der Waals surface area contributed by atoms with Gasteiger partial charge in [-0.15, -0.1) is 0 Å². The molecule has 0 aliphatic carbocycles. The van der Waals surface area contributed by atoms with E-state index < -0.39 is 0 Å². The molecule has 0 saturated heterocycles. The zero-order chi connectivity index (χ0) is 9.40. The summed E-state index contributed by atoms with van der Waals surface area (Å²) in [5.74, 6) is 0.681. The summed E-state index contributed by atoms with van der Waals surface area (Å²) in [4.78, 5) is 0. The average Bonchev–Trinajstić information content (AvgIpc) is 2.11. The Morgan fingerprint density at radius 1 is 1.25 bits per heavy atom. The quantitative estimate of drug-likeness (QED) is 0.533. The summed E-state index contributed by atoms with van der Waals surface area (Å²) < 4.78 is 0. The zero-order valence-corrected chi connectivity index (χ0v) is 8.93. The van der Waals surface area contributed by atoms with E-state index in [1.807, 2.05) is 0 Å². The third-order valence-electron chi connectivity index (χ3n) is 2.22. The van der Waals surface area contributed by atoms with Crippen LogP contribution in [0.3, 0.4) is 0 Å². The first-order chi connectivity index (χ1) is 5.79. The second-order valence-electron chi connectivity index (χ2n) is 3.08. The molecule has 1 unspecified atom stereocenters. The largest absolute Gasteiger partial charge is 0.0911 e. The van der Waals surface area contributed by atoms with E-state index in [0.717, 1.165) is 6.42 Å². The van der Waals surface area contributed by atoms with Crippen LogP contribution in [0.5, 0.6) is 0 Å². The Bertz CT molecular complexity index is 151. The van der Waals surface area contributed by atoms with Gasteiger partial charge in [-0.2, -0.15) is 0 Å². The van der Waals surface area contributed by atoms with Crippen molar-refractivity contribution in [1.82, 2.24) is 0 Å². The summed E-state index contributed by atoms with van der Waals surface area (Å²) in [5.41, 5.74) is 1.60. The Hall–Kier alpha value is -0.520. The number of hydrogen-bond donors (Lipinski definition) is 0. The van der Waals surface area contributed by atoms with E-state index in [4.69, 9.17) is 0 Å². The summed E-state index contributed by atoms with van der Waals surface area (Å²) in [5, 5.41) is 0. The fourth-order valence-corrected chi connectivity index (χ4v) is 1.57. The molecule has 0 spiro atoms. The third kappa shape index (κ3) is 3.75. The molecule has 0 amide bonds. The smallest absolute Gasteiger partial charge is 0.00261 e. The number of hydrogen-bond acceptors (Lipinski definition) is 0. The molecule has 0 aromatic carbocycles. The van der Waals surface area contributed by atoms with Gasteiger partial charge in [-0.05, 0) is 32.1 Å². The molecule has 0 heterocycles. The molecule has 0 saturated carbocycles. The monoisotopic (exact) mass is 166 g/mol. The Morgan fingerprint density at radius 3 is 2.25 bits per heavy atom. The minimum atomic E-state index is 0.681. The summed E-state index contributed by atoms with van der Waals surface area (Å²) in [6.45, 7) is 8.80. The van der Waals surface area contributed by atoms with E-state index in [0.29, 0.717) is 5.92 Å². The van der Waals surface area contributed by atoms with Crippen molar-refractivity contribution in [2.24, 2.45) is 5.92 Å². The Balaban J connectivity index is 4.33. The molecule has 0 N–H and O–H groups in total. The topological polar surface area (TPSA) is 0 Å². The van der Waals surface area contributed by atoms with Crippen molar-refractivity contribution >= 4 is 0 Å². The molecule has 0 bridgehead atoms. The summed E-state index contributed by atoms with van der Waals surface area (Å²) in [7, 11) is 0. The predicted molar refractivity (Wildman–Crippen MR) is 57.3 cm³/mol. The van der Waals surface area contributed by atoms with Crippen LogP contribution in [0.25, 0.3) is 0 Å². The molecule has 70 valence electrons. The minimum absolute atomic E-state index is 0.681. The molecular weight excluding hydrogens is 144 g/mol. The first-order valence-corrected chi connectivity index (χ1v) is 5.11. The maximum atomic E-state index is 2.37. The van der Waals surface area contributed by atoms with Gasteiger partial charge in [-0.1, -0.05) is 44.6 Å². The van der Waals surface area contributed by atoms with Gasteiger partial charge in [-0.25, -0.2) is 0 Å². The van der Waals surface area contributed by atoms with Crippen molar-refractivity contribution in [2.75, 3.05) is 0 Å². The lowest BCUT2D eigenvalue weighted by Crippen LogP contribution is -1.98. The molecule has 0 aliphatic rings. The van der Waals surface area contributed by atoms with Crippen LogP contribution in [0.2, 0.25) is 0 Å². The highest BCUT2D eigenvalue weighted by atomic mass is 14.1. The van der Waals surface area contributed by atoms with Crippen LogP contribution >= 0.6 is 0 Å². The van der Waals surface area contributed by atoms with Crippen molar-refractivity contribution in [3.63, 3.8) is 0 Å². The van der Waals surface area contributed by atoms with Crippen molar-refractivity contribution in [3.05, 3.63) is 23.8 Å². The molecule has 0 rings (SSSR count). The highest BCUT2D eigenvalue weighted by Crippen LogP contribution is 2.20. The van der Waals surface area contributed by atoms with E-state index >= 15 is 0 Å².